The van der Waals surface area contributed by atoms with Gasteiger partial charge in [0.1, 0.15) is 17.2 Å². The number of amides is 2. The van der Waals surface area contributed by atoms with Crippen LogP contribution in [0.5, 0.6) is 0 Å². The minimum Gasteiger partial charge on any atom is -0.445 e. The van der Waals surface area contributed by atoms with Crippen LogP contribution in [0.1, 0.15) is 56.7 Å². The molecule has 1 aliphatic carbocycles. The Balaban J connectivity index is 1.61. The van der Waals surface area contributed by atoms with Crippen LogP contribution in [0, 0.1) is 6.92 Å². The topological polar surface area (TPSA) is 88.7 Å². The van der Waals surface area contributed by atoms with Gasteiger partial charge >= 0.3 is 12.2 Å². The number of benzene rings is 2. The Labute approximate surface area is 213 Å². The van der Waals surface area contributed by atoms with Gasteiger partial charge in [-0.25, -0.2) is 9.59 Å². The summed E-state index contributed by atoms with van der Waals surface area (Å²) in [6, 6.07) is 17.0. The molecule has 1 saturated carbocycles. The first-order valence-electron chi connectivity index (χ1n) is 11.9. The van der Waals surface area contributed by atoms with Crippen LogP contribution in [-0.4, -0.2) is 40.9 Å². The molecule has 35 heavy (non-hydrogen) atoms. The molecule has 0 spiro atoms. The maximum Gasteiger partial charge on any atom is 0.407 e. The van der Waals surface area contributed by atoms with Crippen molar-refractivity contribution in [3.63, 3.8) is 0 Å². The zero-order valence-electron chi connectivity index (χ0n) is 20.8. The van der Waals surface area contributed by atoms with Crippen molar-refractivity contribution in [2.75, 3.05) is 0 Å². The van der Waals surface area contributed by atoms with Crippen LogP contribution >= 0.6 is 12.2 Å². The Bertz CT molecular complexity index is 1010. The summed E-state index contributed by atoms with van der Waals surface area (Å²) >= 11 is 5.63. The lowest BCUT2D eigenvalue weighted by Crippen LogP contribution is -2.58. The molecule has 7 nitrogen and oxygen atoms in total. The zero-order valence-corrected chi connectivity index (χ0v) is 21.6. The Morgan fingerprint density at radius 1 is 0.914 bits per heavy atom. The van der Waals surface area contributed by atoms with Gasteiger partial charge in [-0.3, -0.25) is 0 Å². The van der Waals surface area contributed by atoms with Gasteiger partial charge in [0.05, 0.1) is 6.04 Å². The molecule has 0 heterocycles. The summed E-state index contributed by atoms with van der Waals surface area (Å²) in [7, 11) is 0. The quantitative estimate of drug-likeness (QED) is 0.487. The monoisotopic (exact) mass is 497 g/mol. The summed E-state index contributed by atoms with van der Waals surface area (Å²) in [4.78, 5) is 25.6. The van der Waals surface area contributed by atoms with E-state index in [1.807, 2.05) is 82.3 Å². The van der Waals surface area contributed by atoms with E-state index < -0.39 is 17.8 Å². The summed E-state index contributed by atoms with van der Waals surface area (Å²) in [5.74, 6) is 0. The fourth-order valence-electron chi connectivity index (χ4n) is 3.98. The molecule has 0 bridgehead atoms. The van der Waals surface area contributed by atoms with Gasteiger partial charge in [-0.05, 0) is 52.5 Å². The summed E-state index contributed by atoms with van der Waals surface area (Å²) in [6.07, 6.45) is 0.977. The van der Waals surface area contributed by atoms with Crippen molar-refractivity contribution in [3.05, 3.63) is 71.3 Å². The highest BCUT2D eigenvalue weighted by atomic mass is 32.1. The van der Waals surface area contributed by atoms with E-state index in [1.165, 1.54) is 0 Å². The molecule has 2 amide bonds. The third kappa shape index (κ3) is 8.87. The number of hydrogen-bond donors (Lipinski definition) is 3. The van der Waals surface area contributed by atoms with Crippen LogP contribution in [0.4, 0.5) is 9.59 Å². The molecule has 3 unspecified atom stereocenters. The lowest BCUT2D eigenvalue weighted by molar-refractivity contribution is 0.0476. The van der Waals surface area contributed by atoms with E-state index in [0.29, 0.717) is 17.8 Å². The van der Waals surface area contributed by atoms with E-state index in [-0.39, 0.29) is 24.7 Å². The molecule has 3 atom stereocenters. The molecule has 3 N–H and O–H groups in total. The Morgan fingerprint density at radius 2 is 1.60 bits per heavy atom. The second-order valence-electron chi connectivity index (χ2n) is 9.91. The molecule has 0 aliphatic heterocycles. The van der Waals surface area contributed by atoms with Gasteiger partial charge in [-0.15, -0.1) is 0 Å². The number of hydrogen-bond acceptors (Lipinski definition) is 5. The van der Waals surface area contributed by atoms with Gasteiger partial charge in [0.2, 0.25) is 0 Å². The second-order valence-corrected chi connectivity index (χ2v) is 10.3. The number of carbonyl (C=O) groups is 2. The van der Waals surface area contributed by atoms with Crippen molar-refractivity contribution in [2.24, 2.45) is 0 Å². The fourth-order valence-corrected chi connectivity index (χ4v) is 4.27. The first-order chi connectivity index (χ1) is 16.6. The molecule has 0 aromatic heterocycles. The van der Waals surface area contributed by atoms with E-state index in [9.17, 15) is 9.59 Å². The molecule has 1 fully saturated rings. The van der Waals surface area contributed by atoms with E-state index in [2.05, 4.69) is 16.0 Å². The van der Waals surface area contributed by atoms with Crippen molar-refractivity contribution in [1.29, 1.82) is 0 Å². The van der Waals surface area contributed by atoms with Crippen LogP contribution in [-0.2, 0) is 16.1 Å². The summed E-state index contributed by atoms with van der Waals surface area (Å²) < 4.78 is 10.8. The predicted molar refractivity (Wildman–Crippen MR) is 140 cm³/mol. The zero-order chi connectivity index (χ0) is 25.4. The first-order valence-corrected chi connectivity index (χ1v) is 12.3. The minimum absolute atomic E-state index is 0.102. The molecule has 2 aromatic rings. The van der Waals surface area contributed by atoms with E-state index in [1.54, 1.807) is 0 Å². The molecule has 8 heteroatoms. The Morgan fingerprint density at radius 3 is 2.26 bits per heavy atom. The van der Waals surface area contributed by atoms with Crippen LogP contribution in [0.3, 0.4) is 0 Å². The Kier molecular flexibility index (Phi) is 9.09. The molecular weight excluding hydrogens is 462 g/mol. The van der Waals surface area contributed by atoms with Gasteiger partial charge < -0.3 is 25.4 Å². The lowest BCUT2D eigenvalue weighted by Gasteiger charge is -2.38. The van der Waals surface area contributed by atoms with E-state index in [4.69, 9.17) is 21.7 Å². The maximum atomic E-state index is 12.5. The number of alkyl carbamates (subject to hydrolysis) is 2. The number of nitrogens with one attached hydrogen (secondary N) is 3. The summed E-state index contributed by atoms with van der Waals surface area (Å²) in [5, 5.41) is 9.33. The maximum absolute atomic E-state index is 12.5. The predicted octanol–water partition coefficient (Wildman–Crippen LogP) is 5.00. The van der Waals surface area contributed by atoms with Crippen molar-refractivity contribution in [1.82, 2.24) is 16.0 Å². The van der Waals surface area contributed by atoms with E-state index in [0.717, 1.165) is 23.1 Å². The Hall–Kier alpha value is -3.13. The van der Waals surface area contributed by atoms with Gasteiger partial charge in [-0.1, -0.05) is 72.4 Å². The smallest absolute Gasteiger partial charge is 0.407 e. The average Bonchev–Trinajstić information content (AvgIpc) is 2.79. The van der Waals surface area contributed by atoms with Gasteiger partial charge in [0.25, 0.3) is 0 Å². The van der Waals surface area contributed by atoms with Crippen molar-refractivity contribution < 1.29 is 19.1 Å². The van der Waals surface area contributed by atoms with Crippen LogP contribution in [0.2, 0.25) is 0 Å². The minimum atomic E-state index is -0.613. The number of carbonyl (C=O) groups excluding carboxylic acids is 2. The highest BCUT2D eigenvalue weighted by Gasteiger charge is 2.34. The summed E-state index contributed by atoms with van der Waals surface area (Å²) in [5.41, 5.74) is 2.39. The van der Waals surface area contributed by atoms with E-state index >= 15 is 0 Å². The van der Waals surface area contributed by atoms with Gasteiger partial charge in [0, 0.05) is 17.6 Å². The highest BCUT2D eigenvalue weighted by Crippen LogP contribution is 2.21. The molecular formula is C27H35N3O4S. The molecule has 0 radical (unpaired) electrons. The number of rotatable bonds is 6. The largest absolute Gasteiger partial charge is 0.445 e. The highest BCUT2D eigenvalue weighted by molar-refractivity contribution is 7.80. The van der Waals surface area contributed by atoms with Crippen LogP contribution in [0.15, 0.2) is 54.6 Å². The molecule has 188 valence electrons. The fraction of sp³-hybridized carbons (Fsp3) is 0.444. The summed E-state index contributed by atoms with van der Waals surface area (Å²) in [6.45, 7) is 7.70. The average molecular weight is 498 g/mol. The molecule has 3 rings (SSSR count). The third-order valence-electron chi connectivity index (χ3n) is 5.72. The normalized spacial score (nSPS) is 19.8. The second kappa shape index (κ2) is 12.0. The molecule has 0 saturated heterocycles. The SMILES string of the molecule is Cc1ccc(C(=S)NC2CCC(NC(=O)OCc3ccccc3)CC2NC(=O)OC(C)(C)C)cc1. The third-order valence-corrected chi connectivity index (χ3v) is 6.07. The first kappa shape index (κ1) is 26.5. The number of aryl methyl sites for hydroxylation is 1. The molecule has 1 aliphatic rings. The molecule has 2 aromatic carbocycles. The van der Waals surface area contributed by atoms with Gasteiger partial charge in [0.15, 0.2) is 0 Å². The number of thiocarbonyl (C=S) groups is 1. The standard InChI is InChI=1S/C27H35N3O4S/c1-18-10-12-20(13-11-18)24(35)29-22-15-14-21(16-23(22)30-26(32)34-27(2,3)4)28-25(31)33-17-19-8-6-5-7-9-19/h5-13,21-23H,14-17H2,1-4H3,(H,28,31)(H,29,35)(H,30,32). The number of ether oxygens (including phenoxy) is 2. The van der Waals surface area contributed by atoms with Crippen molar-refractivity contribution >= 4 is 29.4 Å². The van der Waals surface area contributed by atoms with Crippen LogP contribution < -0.4 is 16.0 Å². The van der Waals surface area contributed by atoms with Crippen molar-refractivity contribution in [2.45, 2.75) is 77.3 Å². The van der Waals surface area contributed by atoms with Gasteiger partial charge in [-0.2, -0.15) is 0 Å². The lowest BCUT2D eigenvalue weighted by atomic mass is 9.86. The van der Waals surface area contributed by atoms with Crippen LogP contribution in [0.25, 0.3) is 0 Å². The van der Waals surface area contributed by atoms with Crippen molar-refractivity contribution in [3.8, 4) is 0 Å².